The predicted molar refractivity (Wildman–Crippen MR) is 74.7 cm³/mol. The molecule has 0 spiro atoms. The molecule has 0 aromatic rings. The van der Waals surface area contributed by atoms with Crippen molar-refractivity contribution in [3.8, 4) is 0 Å². The summed E-state index contributed by atoms with van der Waals surface area (Å²) in [5.74, 6) is 0.582. The van der Waals surface area contributed by atoms with Gasteiger partial charge in [-0.1, -0.05) is 32.6 Å². The van der Waals surface area contributed by atoms with Gasteiger partial charge in [-0.3, -0.25) is 4.79 Å². The van der Waals surface area contributed by atoms with Crippen LogP contribution in [0.3, 0.4) is 0 Å². The van der Waals surface area contributed by atoms with E-state index in [2.05, 4.69) is 6.92 Å². The molecule has 1 N–H and O–H groups in total. The van der Waals surface area contributed by atoms with Gasteiger partial charge in [0, 0.05) is 0 Å². The topological polar surface area (TPSA) is 46.5 Å². The molecule has 0 heterocycles. The molecule has 4 atom stereocenters. The van der Waals surface area contributed by atoms with E-state index in [0.29, 0.717) is 5.92 Å². The van der Waals surface area contributed by atoms with Crippen LogP contribution in [0.15, 0.2) is 0 Å². The van der Waals surface area contributed by atoms with E-state index in [4.69, 9.17) is 4.74 Å². The van der Waals surface area contributed by atoms with Crippen LogP contribution in [0.25, 0.3) is 0 Å². The quantitative estimate of drug-likeness (QED) is 0.777. The van der Waals surface area contributed by atoms with Gasteiger partial charge in [0.15, 0.2) is 0 Å². The molecule has 0 amide bonds. The maximum atomic E-state index is 12.3. The van der Waals surface area contributed by atoms with E-state index in [1.807, 2.05) is 0 Å². The van der Waals surface area contributed by atoms with Crippen molar-refractivity contribution in [3.63, 3.8) is 0 Å². The summed E-state index contributed by atoms with van der Waals surface area (Å²) in [6.07, 6.45) is 9.92. The highest BCUT2D eigenvalue weighted by atomic mass is 16.6. The molecule has 2 saturated carbocycles. The second kappa shape index (κ2) is 7.28. The molecule has 2 rings (SSSR count). The number of hydrogen-bond donors (Lipinski definition) is 1. The molecular weight excluding hydrogens is 240 g/mol. The van der Waals surface area contributed by atoms with E-state index in [1.54, 1.807) is 0 Å². The first kappa shape index (κ1) is 14.8. The average Bonchev–Trinajstić information content (AvgIpc) is 2.87. The van der Waals surface area contributed by atoms with Gasteiger partial charge in [-0.25, -0.2) is 0 Å². The number of carbonyl (C=O) groups is 1. The van der Waals surface area contributed by atoms with Gasteiger partial charge in [0.1, 0.15) is 6.10 Å². The lowest BCUT2D eigenvalue weighted by Gasteiger charge is -2.29. The molecule has 3 nitrogen and oxygen atoms in total. The first-order chi connectivity index (χ1) is 9.22. The van der Waals surface area contributed by atoms with Gasteiger partial charge in [0.25, 0.3) is 0 Å². The molecule has 0 bridgehead atoms. The van der Waals surface area contributed by atoms with Crippen LogP contribution in [0, 0.1) is 11.8 Å². The Morgan fingerprint density at radius 2 is 1.95 bits per heavy atom. The summed E-state index contributed by atoms with van der Waals surface area (Å²) in [6, 6.07) is 0. The fourth-order valence-electron chi connectivity index (χ4n) is 3.61. The van der Waals surface area contributed by atoms with Crippen LogP contribution in [0.4, 0.5) is 0 Å². The number of esters is 1. The van der Waals surface area contributed by atoms with E-state index >= 15 is 0 Å². The lowest BCUT2D eigenvalue weighted by atomic mass is 9.90. The summed E-state index contributed by atoms with van der Waals surface area (Å²) in [7, 11) is 0. The van der Waals surface area contributed by atoms with Crippen LogP contribution in [0.1, 0.15) is 71.1 Å². The van der Waals surface area contributed by atoms with Crippen LogP contribution in [-0.4, -0.2) is 23.3 Å². The molecule has 19 heavy (non-hydrogen) atoms. The van der Waals surface area contributed by atoms with Crippen LogP contribution < -0.4 is 0 Å². The number of aliphatic hydroxyl groups excluding tert-OH is 1. The van der Waals surface area contributed by atoms with Gasteiger partial charge in [-0.05, 0) is 44.4 Å². The Hall–Kier alpha value is -0.570. The highest BCUT2D eigenvalue weighted by molar-refractivity contribution is 5.73. The Morgan fingerprint density at radius 1 is 1.16 bits per heavy atom. The fourth-order valence-corrected chi connectivity index (χ4v) is 3.61. The SMILES string of the molecule is CCCC[C@H]1CCC[C@H]1C(=O)O[C@@H]1CCCC[C@H]1O. The van der Waals surface area contributed by atoms with Gasteiger partial charge >= 0.3 is 5.97 Å². The third kappa shape index (κ3) is 3.95. The molecule has 110 valence electrons. The predicted octanol–water partition coefficient (Wildman–Crippen LogP) is 3.44. The van der Waals surface area contributed by atoms with E-state index in [0.717, 1.165) is 44.9 Å². The van der Waals surface area contributed by atoms with Crippen molar-refractivity contribution in [2.75, 3.05) is 0 Å². The summed E-state index contributed by atoms with van der Waals surface area (Å²) >= 11 is 0. The van der Waals surface area contributed by atoms with Crippen molar-refractivity contribution < 1.29 is 14.6 Å². The molecule has 0 aliphatic heterocycles. The van der Waals surface area contributed by atoms with Crippen LogP contribution >= 0.6 is 0 Å². The molecule has 2 fully saturated rings. The zero-order valence-corrected chi connectivity index (χ0v) is 12.1. The summed E-state index contributed by atoms with van der Waals surface area (Å²) in [5, 5.41) is 9.89. The van der Waals surface area contributed by atoms with Crippen molar-refractivity contribution in [3.05, 3.63) is 0 Å². The summed E-state index contributed by atoms with van der Waals surface area (Å²) < 4.78 is 5.61. The van der Waals surface area contributed by atoms with Gasteiger partial charge in [-0.2, -0.15) is 0 Å². The van der Waals surface area contributed by atoms with Crippen LogP contribution in [0.2, 0.25) is 0 Å². The molecule has 0 radical (unpaired) electrons. The fraction of sp³-hybridized carbons (Fsp3) is 0.938. The third-order valence-electron chi connectivity index (χ3n) is 4.83. The van der Waals surface area contributed by atoms with Crippen molar-refractivity contribution in [2.45, 2.75) is 83.3 Å². The van der Waals surface area contributed by atoms with Gasteiger partial charge < -0.3 is 9.84 Å². The van der Waals surface area contributed by atoms with Crippen molar-refractivity contribution in [2.24, 2.45) is 11.8 Å². The van der Waals surface area contributed by atoms with E-state index in [1.165, 1.54) is 19.3 Å². The van der Waals surface area contributed by atoms with E-state index < -0.39 is 6.10 Å². The standard InChI is InChI=1S/C16H28O3/c1-2-3-7-12-8-6-9-13(12)16(18)19-15-11-5-4-10-14(15)17/h12-15,17H,2-11H2,1H3/t12-,13+,14+,15+/m0/s1. The minimum absolute atomic E-state index is 0.0375. The Kier molecular flexibility index (Phi) is 5.68. The lowest BCUT2D eigenvalue weighted by molar-refractivity contribution is -0.163. The minimum Gasteiger partial charge on any atom is -0.459 e. The molecule has 0 aromatic heterocycles. The number of rotatable bonds is 5. The first-order valence-electron chi connectivity index (χ1n) is 8.11. The van der Waals surface area contributed by atoms with Crippen molar-refractivity contribution >= 4 is 5.97 Å². The second-order valence-electron chi connectivity index (χ2n) is 6.27. The Labute approximate surface area is 116 Å². The molecule has 0 aromatic carbocycles. The zero-order chi connectivity index (χ0) is 13.7. The number of carbonyl (C=O) groups excluding carboxylic acids is 1. The van der Waals surface area contributed by atoms with Crippen LogP contribution in [0.5, 0.6) is 0 Å². The lowest BCUT2D eigenvalue weighted by Crippen LogP contribution is -2.36. The minimum atomic E-state index is -0.437. The highest BCUT2D eigenvalue weighted by Crippen LogP contribution is 2.37. The Bertz CT molecular complexity index is 290. The molecule has 0 unspecified atom stereocenters. The highest BCUT2D eigenvalue weighted by Gasteiger charge is 2.36. The molecule has 3 heteroatoms. The largest absolute Gasteiger partial charge is 0.459 e. The molecular formula is C16H28O3. The van der Waals surface area contributed by atoms with Gasteiger partial charge in [0.2, 0.25) is 0 Å². The molecule has 2 aliphatic rings. The molecule has 0 saturated heterocycles. The van der Waals surface area contributed by atoms with Gasteiger partial charge in [-0.15, -0.1) is 0 Å². The Morgan fingerprint density at radius 3 is 2.68 bits per heavy atom. The van der Waals surface area contributed by atoms with E-state index in [-0.39, 0.29) is 18.0 Å². The van der Waals surface area contributed by atoms with Crippen molar-refractivity contribution in [1.82, 2.24) is 0 Å². The zero-order valence-electron chi connectivity index (χ0n) is 12.1. The second-order valence-corrected chi connectivity index (χ2v) is 6.27. The third-order valence-corrected chi connectivity index (χ3v) is 4.83. The summed E-state index contributed by atoms with van der Waals surface area (Å²) in [6.45, 7) is 2.20. The van der Waals surface area contributed by atoms with Crippen LogP contribution in [-0.2, 0) is 9.53 Å². The maximum Gasteiger partial charge on any atom is 0.309 e. The first-order valence-corrected chi connectivity index (χ1v) is 8.11. The Balaban J connectivity index is 1.84. The van der Waals surface area contributed by atoms with E-state index in [9.17, 15) is 9.90 Å². The average molecular weight is 268 g/mol. The monoisotopic (exact) mass is 268 g/mol. The number of ether oxygens (including phenoxy) is 1. The van der Waals surface area contributed by atoms with Crippen molar-refractivity contribution in [1.29, 1.82) is 0 Å². The normalized spacial score (nSPS) is 35.3. The number of unbranched alkanes of at least 4 members (excludes halogenated alkanes) is 1. The summed E-state index contributed by atoms with van der Waals surface area (Å²) in [5.41, 5.74) is 0. The number of hydrogen-bond acceptors (Lipinski definition) is 3. The molecule has 2 aliphatic carbocycles. The van der Waals surface area contributed by atoms with Gasteiger partial charge in [0.05, 0.1) is 12.0 Å². The maximum absolute atomic E-state index is 12.3. The number of aliphatic hydroxyl groups is 1. The summed E-state index contributed by atoms with van der Waals surface area (Å²) in [4.78, 5) is 12.3. The smallest absolute Gasteiger partial charge is 0.309 e.